The first-order valence-corrected chi connectivity index (χ1v) is 8.62. The van der Waals surface area contributed by atoms with Crippen molar-refractivity contribution >= 4 is 29.1 Å². The minimum atomic E-state index is -0.700. The van der Waals surface area contributed by atoms with Gasteiger partial charge in [0, 0.05) is 41.4 Å². The molecule has 1 amide bonds. The molecule has 2 aliphatic heterocycles. The highest BCUT2D eigenvalue weighted by Crippen LogP contribution is 2.33. The largest absolute Gasteiger partial charge is 0.340 e. The van der Waals surface area contributed by atoms with Crippen LogP contribution in [0.5, 0.6) is 0 Å². The molecule has 3 atom stereocenters. The molecule has 0 radical (unpaired) electrons. The second kappa shape index (κ2) is 6.55. The molecule has 1 N–H and O–H groups in total. The van der Waals surface area contributed by atoms with E-state index in [1.165, 1.54) is 25.7 Å². The molecule has 3 unspecified atom stereocenters. The lowest BCUT2D eigenvalue weighted by atomic mass is 9.85. The fourth-order valence-electron chi connectivity index (χ4n) is 3.59. The summed E-state index contributed by atoms with van der Waals surface area (Å²) in [6.07, 6.45) is 6.16. The molecule has 3 rings (SSSR count). The van der Waals surface area contributed by atoms with Crippen molar-refractivity contribution in [1.29, 1.82) is 0 Å². The predicted molar refractivity (Wildman–Crippen MR) is 79.0 cm³/mol. The van der Waals surface area contributed by atoms with Crippen LogP contribution in [0.15, 0.2) is 0 Å². The molecule has 2 heterocycles. The topological polar surface area (TPSA) is 49.4 Å². The monoisotopic (exact) mass is 306 g/mol. The summed E-state index contributed by atoms with van der Waals surface area (Å²) >= 11 is 0. The summed E-state index contributed by atoms with van der Waals surface area (Å²) in [5.41, 5.74) is 0. The standard InChI is InChI=1S/C13H22N2O2S.ClH/c16-13(15-5-7-18(17)8-6-15)12-9-10-3-1-2-4-11(10)14-12;/h10-12,14H,1-9H2;1H. The van der Waals surface area contributed by atoms with Crippen LogP contribution in [0.3, 0.4) is 0 Å². The maximum atomic E-state index is 12.4. The van der Waals surface area contributed by atoms with Gasteiger partial charge in [-0.1, -0.05) is 12.8 Å². The number of hydrogen-bond donors (Lipinski definition) is 1. The first-order valence-electron chi connectivity index (χ1n) is 7.14. The Bertz CT molecular complexity index is 343. The summed E-state index contributed by atoms with van der Waals surface area (Å²) in [6, 6.07) is 0.608. The second-order valence-electron chi connectivity index (χ2n) is 5.78. The van der Waals surface area contributed by atoms with Gasteiger partial charge in [-0.05, 0) is 25.2 Å². The molecular formula is C13H23ClN2O2S. The molecule has 110 valence electrons. The zero-order valence-corrected chi connectivity index (χ0v) is 12.8. The highest BCUT2D eigenvalue weighted by atomic mass is 35.5. The molecule has 6 heteroatoms. The molecule has 0 spiro atoms. The van der Waals surface area contributed by atoms with E-state index in [0.717, 1.165) is 6.42 Å². The molecule has 0 aromatic carbocycles. The normalized spacial score (nSPS) is 35.6. The Balaban J connectivity index is 0.00000133. The van der Waals surface area contributed by atoms with Crippen LogP contribution < -0.4 is 5.32 Å². The Kier molecular flexibility index (Phi) is 5.26. The summed E-state index contributed by atoms with van der Waals surface area (Å²) < 4.78 is 11.3. The van der Waals surface area contributed by atoms with Gasteiger partial charge >= 0.3 is 0 Å². The van der Waals surface area contributed by atoms with Crippen molar-refractivity contribution in [2.75, 3.05) is 24.6 Å². The molecule has 0 aromatic heterocycles. The molecular weight excluding hydrogens is 284 g/mol. The number of rotatable bonds is 1. The van der Waals surface area contributed by atoms with Gasteiger partial charge in [0.2, 0.25) is 5.91 Å². The highest BCUT2D eigenvalue weighted by Gasteiger charge is 2.39. The lowest BCUT2D eigenvalue weighted by Crippen LogP contribution is -2.49. The van der Waals surface area contributed by atoms with Crippen LogP contribution in [0.2, 0.25) is 0 Å². The van der Waals surface area contributed by atoms with Crippen molar-refractivity contribution in [2.45, 2.75) is 44.2 Å². The van der Waals surface area contributed by atoms with Gasteiger partial charge in [0.05, 0.1) is 6.04 Å². The van der Waals surface area contributed by atoms with Gasteiger partial charge in [0.1, 0.15) is 0 Å². The number of carbonyl (C=O) groups excluding carboxylic acids is 1. The van der Waals surface area contributed by atoms with Crippen LogP contribution in [0, 0.1) is 5.92 Å². The Labute approximate surface area is 123 Å². The average molecular weight is 307 g/mol. The second-order valence-corrected chi connectivity index (χ2v) is 7.48. The average Bonchev–Trinajstić information content (AvgIpc) is 2.82. The third-order valence-electron chi connectivity index (χ3n) is 4.65. The van der Waals surface area contributed by atoms with E-state index >= 15 is 0 Å². The Morgan fingerprint density at radius 3 is 2.53 bits per heavy atom. The van der Waals surface area contributed by atoms with Gasteiger partial charge < -0.3 is 10.2 Å². The predicted octanol–water partition coefficient (Wildman–Crippen LogP) is 0.920. The van der Waals surface area contributed by atoms with E-state index in [2.05, 4.69) is 5.32 Å². The van der Waals surface area contributed by atoms with Gasteiger partial charge in [-0.3, -0.25) is 9.00 Å². The minimum Gasteiger partial charge on any atom is -0.340 e. The zero-order chi connectivity index (χ0) is 12.5. The number of nitrogens with one attached hydrogen (secondary N) is 1. The molecule has 3 aliphatic rings. The van der Waals surface area contributed by atoms with Gasteiger partial charge in [0.15, 0.2) is 0 Å². The molecule has 1 aliphatic carbocycles. The van der Waals surface area contributed by atoms with Crippen molar-refractivity contribution in [3.05, 3.63) is 0 Å². The van der Waals surface area contributed by atoms with E-state index in [1.54, 1.807) is 0 Å². The van der Waals surface area contributed by atoms with E-state index in [0.29, 0.717) is 36.6 Å². The number of nitrogens with zero attached hydrogens (tertiary/aromatic N) is 1. The summed E-state index contributed by atoms with van der Waals surface area (Å²) in [7, 11) is -0.700. The van der Waals surface area contributed by atoms with E-state index in [4.69, 9.17) is 0 Å². The smallest absolute Gasteiger partial charge is 0.239 e. The van der Waals surface area contributed by atoms with Crippen LogP contribution in [-0.2, 0) is 15.6 Å². The van der Waals surface area contributed by atoms with Gasteiger partial charge in [-0.2, -0.15) is 0 Å². The summed E-state index contributed by atoms with van der Waals surface area (Å²) in [4.78, 5) is 14.3. The van der Waals surface area contributed by atoms with Crippen LogP contribution >= 0.6 is 12.4 Å². The summed E-state index contributed by atoms with van der Waals surface area (Å²) in [6.45, 7) is 1.36. The molecule has 0 bridgehead atoms. The van der Waals surface area contributed by atoms with Gasteiger partial charge in [-0.25, -0.2) is 0 Å². The van der Waals surface area contributed by atoms with Crippen molar-refractivity contribution in [1.82, 2.24) is 10.2 Å². The Morgan fingerprint density at radius 2 is 1.84 bits per heavy atom. The van der Waals surface area contributed by atoms with Crippen LogP contribution in [-0.4, -0.2) is 51.7 Å². The van der Waals surface area contributed by atoms with E-state index in [9.17, 15) is 9.00 Å². The summed E-state index contributed by atoms with van der Waals surface area (Å²) in [5, 5.41) is 3.53. The van der Waals surface area contributed by atoms with Crippen molar-refractivity contribution in [2.24, 2.45) is 5.92 Å². The first-order chi connectivity index (χ1) is 8.74. The van der Waals surface area contributed by atoms with Crippen molar-refractivity contribution in [3.63, 3.8) is 0 Å². The lowest BCUT2D eigenvalue weighted by molar-refractivity contribution is -0.132. The zero-order valence-electron chi connectivity index (χ0n) is 11.2. The molecule has 4 nitrogen and oxygen atoms in total. The van der Waals surface area contributed by atoms with Crippen LogP contribution in [0.4, 0.5) is 0 Å². The van der Waals surface area contributed by atoms with E-state index in [1.807, 2.05) is 4.90 Å². The Morgan fingerprint density at radius 1 is 1.16 bits per heavy atom. The number of fused-ring (bicyclic) bond motifs is 1. The third-order valence-corrected chi connectivity index (χ3v) is 5.93. The number of carbonyl (C=O) groups is 1. The fraction of sp³-hybridized carbons (Fsp3) is 0.923. The molecule has 19 heavy (non-hydrogen) atoms. The van der Waals surface area contributed by atoms with E-state index in [-0.39, 0.29) is 24.4 Å². The quantitative estimate of drug-likeness (QED) is 0.784. The molecule has 2 saturated heterocycles. The molecule has 1 saturated carbocycles. The van der Waals surface area contributed by atoms with Crippen LogP contribution in [0.25, 0.3) is 0 Å². The van der Waals surface area contributed by atoms with Crippen molar-refractivity contribution in [3.8, 4) is 0 Å². The van der Waals surface area contributed by atoms with Gasteiger partial charge in [-0.15, -0.1) is 12.4 Å². The lowest BCUT2D eigenvalue weighted by Gasteiger charge is -2.29. The Hall–Kier alpha value is -0.130. The fourth-order valence-corrected chi connectivity index (χ4v) is 4.64. The highest BCUT2D eigenvalue weighted by molar-refractivity contribution is 7.85. The molecule has 0 aromatic rings. The van der Waals surface area contributed by atoms with E-state index < -0.39 is 10.8 Å². The maximum absolute atomic E-state index is 12.4. The van der Waals surface area contributed by atoms with Gasteiger partial charge in [0.25, 0.3) is 0 Å². The minimum absolute atomic E-state index is 0. The van der Waals surface area contributed by atoms with Crippen molar-refractivity contribution < 1.29 is 9.00 Å². The third kappa shape index (κ3) is 3.31. The van der Waals surface area contributed by atoms with Crippen LogP contribution in [0.1, 0.15) is 32.1 Å². The molecule has 3 fully saturated rings. The number of hydrogen-bond acceptors (Lipinski definition) is 3. The number of amides is 1. The first kappa shape index (κ1) is 15.3. The number of halogens is 1. The maximum Gasteiger partial charge on any atom is 0.239 e. The summed E-state index contributed by atoms with van der Waals surface area (Å²) in [5.74, 6) is 2.28. The SMILES string of the molecule is Cl.O=C(C1CC2CCCCC2N1)N1CCS(=O)CC1.